The van der Waals surface area contributed by atoms with Gasteiger partial charge >= 0.3 is 0 Å². The van der Waals surface area contributed by atoms with Crippen molar-refractivity contribution in [1.29, 1.82) is 0 Å². The summed E-state index contributed by atoms with van der Waals surface area (Å²) in [6.45, 7) is 0. The van der Waals surface area contributed by atoms with Crippen molar-refractivity contribution in [3.63, 3.8) is 0 Å². The van der Waals surface area contributed by atoms with Crippen LogP contribution in [0, 0.1) is 29.6 Å². The Morgan fingerprint density at radius 2 is 1.41 bits per heavy atom. The fraction of sp³-hybridized carbons (Fsp3) is 0. The van der Waals surface area contributed by atoms with Crippen LogP contribution >= 0.6 is 0 Å². The molecule has 0 spiro atoms. The maximum Gasteiger partial charge on any atom is 0.108 e. The van der Waals surface area contributed by atoms with E-state index in [0.29, 0.717) is 11.3 Å². The summed E-state index contributed by atoms with van der Waals surface area (Å²) in [5, 5.41) is 0. The maximum absolute atomic E-state index is 13.4. The third kappa shape index (κ3) is 6.04. The number of hydrogen-bond donors (Lipinski definition) is 0. The number of pyridine rings is 2. The Morgan fingerprint density at radius 1 is 0.676 bits per heavy atom. The molecule has 3 aromatic carbocycles. The van der Waals surface area contributed by atoms with Crippen molar-refractivity contribution in [2.24, 2.45) is 0 Å². The van der Waals surface area contributed by atoms with Gasteiger partial charge in [0.2, 0.25) is 0 Å². The largest absolute Gasteiger partial charge is 0.305 e. The first-order valence-electron chi connectivity index (χ1n) is 10.1. The van der Waals surface area contributed by atoms with Gasteiger partial charge < -0.3 is 9.97 Å². The van der Waals surface area contributed by atoms with Crippen LogP contribution in [-0.4, -0.2) is 9.97 Å². The van der Waals surface area contributed by atoms with Crippen molar-refractivity contribution < 1.29 is 33.3 Å². The molecule has 171 valence electrons. The molecule has 5 rings (SSSR count). The SMILES string of the molecule is Fc1[c-]c(-c2ncccc2-c2ccccc2)cc(F)c1F.[Ir].[c-]1ccccc1-c1ccccn1. The number of halogens is 3. The van der Waals surface area contributed by atoms with E-state index in [9.17, 15) is 13.2 Å². The van der Waals surface area contributed by atoms with Crippen molar-refractivity contribution in [3.8, 4) is 33.6 Å². The molecule has 0 atom stereocenters. The standard InChI is InChI=1S/C17H9F3N.C11H8N.Ir/c18-14-9-12(10-15(19)16(14)20)17-13(7-4-8-21-17)11-5-2-1-3-6-11;1-2-6-10(7-3-1)11-8-4-5-9-12-11;/h1-9H;1-6,8-9H;/q2*-1;. The van der Waals surface area contributed by atoms with Crippen molar-refractivity contribution >= 4 is 0 Å². The number of aromatic nitrogens is 2. The number of rotatable bonds is 3. The fourth-order valence-corrected chi connectivity index (χ4v) is 3.18. The Morgan fingerprint density at radius 3 is 2.09 bits per heavy atom. The molecule has 0 amide bonds. The monoisotopic (exact) mass is 631 g/mol. The van der Waals surface area contributed by atoms with Crippen LogP contribution in [0.5, 0.6) is 0 Å². The molecule has 0 saturated heterocycles. The van der Waals surface area contributed by atoms with Gasteiger partial charge in [0.15, 0.2) is 0 Å². The molecule has 2 aromatic heterocycles. The Kier molecular flexibility index (Phi) is 8.86. The maximum atomic E-state index is 13.4. The second kappa shape index (κ2) is 12.0. The van der Waals surface area contributed by atoms with Crippen molar-refractivity contribution in [2.45, 2.75) is 0 Å². The second-order valence-corrected chi connectivity index (χ2v) is 6.92. The molecule has 2 nitrogen and oxygen atoms in total. The van der Waals surface area contributed by atoms with Crippen LogP contribution in [0.4, 0.5) is 13.2 Å². The summed E-state index contributed by atoms with van der Waals surface area (Å²) in [7, 11) is 0. The summed E-state index contributed by atoms with van der Waals surface area (Å²) in [6.07, 6.45) is 3.30. The zero-order valence-electron chi connectivity index (χ0n) is 17.7. The predicted molar refractivity (Wildman–Crippen MR) is 122 cm³/mol. The Bertz CT molecular complexity index is 1270. The van der Waals surface area contributed by atoms with Gasteiger partial charge in [-0.15, -0.1) is 53.6 Å². The number of nitrogens with zero attached hydrogens (tertiary/aromatic N) is 2. The third-order valence-corrected chi connectivity index (χ3v) is 4.72. The summed E-state index contributed by atoms with van der Waals surface area (Å²) in [5.41, 5.74) is 3.97. The average Bonchev–Trinajstić information content (AvgIpc) is 2.89. The van der Waals surface area contributed by atoms with E-state index in [0.717, 1.165) is 22.9 Å². The molecular formula is C28H17F3IrN2-2. The Balaban J connectivity index is 0.000000212. The van der Waals surface area contributed by atoms with Crippen LogP contribution < -0.4 is 0 Å². The minimum absolute atomic E-state index is 0. The van der Waals surface area contributed by atoms with Crippen LogP contribution in [0.1, 0.15) is 0 Å². The van der Waals surface area contributed by atoms with Gasteiger partial charge in [-0.25, -0.2) is 8.78 Å². The van der Waals surface area contributed by atoms with Gasteiger partial charge in [-0.3, -0.25) is 4.39 Å². The predicted octanol–water partition coefficient (Wildman–Crippen LogP) is 7.18. The van der Waals surface area contributed by atoms with E-state index < -0.39 is 17.5 Å². The summed E-state index contributed by atoms with van der Waals surface area (Å²) in [4.78, 5) is 8.37. The van der Waals surface area contributed by atoms with E-state index >= 15 is 0 Å². The zero-order chi connectivity index (χ0) is 23.0. The van der Waals surface area contributed by atoms with E-state index in [4.69, 9.17) is 0 Å². The number of benzene rings is 3. The molecule has 2 heterocycles. The van der Waals surface area contributed by atoms with Gasteiger partial charge in [0.1, 0.15) is 5.82 Å². The van der Waals surface area contributed by atoms with E-state index in [1.807, 2.05) is 72.8 Å². The molecule has 0 N–H and O–H groups in total. The van der Waals surface area contributed by atoms with Gasteiger partial charge in [0.25, 0.3) is 0 Å². The van der Waals surface area contributed by atoms with Gasteiger partial charge in [-0.05, 0) is 34.6 Å². The van der Waals surface area contributed by atoms with E-state index in [-0.39, 0.29) is 25.7 Å². The minimum Gasteiger partial charge on any atom is -0.305 e. The molecule has 6 heteroatoms. The van der Waals surface area contributed by atoms with Gasteiger partial charge in [0, 0.05) is 32.5 Å². The molecule has 0 bridgehead atoms. The molecule has 0 unspecified atom stereocenters. The number of hydrogen-bond acceptors (Lipinski definition) is 2. The summed E-state index contributed by atoms with van der Waals surface area (Å²) in [6, 6.07) is 32.7. The summed E-state index contributed by atoms with van der Waals surface area (Å²) in [5.74, 6) is -4.14. The molecule has 5 aromatic rings. The minimum atomic E-state index is -1.53. The first-order valence-corrected chi connectivity index (χ1v) is 10.1. The molecule has 1 radical (unpaired) electrons. The fourth-order valence-electron chi connectivity index (χ4n) is 3.18. The van der Waals surface area contributed by atoms with E-state index in [1.54, 1.807) is 18.3 Å². The average molecular weight is 631 g/mol. The normalized spacial score (nSPS) is 9.97. The molecule has 34 heavy (non-hydrogen) atoms. The van der Waals surface area contributed by atoms with Gasteiger partial charge in [-0.2, -0.15) is 0 Å². The first-order chi connectivity index (χ1) is 16.1. The van der Waals surface area contributed by atoms with Crippen LogP contribution in [0.15, 0.2) is 103 Å². The van der Waals surface area contributed by atoms with Crippen molar-refractivity contribution in [2.75, 3.05) is 0 Å². The van der Waals surface area contributed by atoms with Crippen LogP contribution in [0.2, 0.25) is 0 Å². The molecule has 0 saturated carbocycles. The summed E-state index contributed by atoms with van der Waals surface area (Å²) < 4.78 is 39.8. The Hall–Kier alpha value is -3.60. The molecule has 0 aliphatic rings. The van der Waals surface area contributed by atoms with E-state index in [2.05, 4.69) is 22.1 Å². The van der Waals surface area contributed by atoms with Crippen LogP contribution in [0.25, 0.3) is 33.6 Å². The molecule has 0 fully saturated rings. The van der Waals surface area contributed by atoms with Crippen molar-refractivity contribution in [1.82, 2.24) is 9.97 Å². The Labute approximate surface area is 209 Å². The third-order valence-electron chi connectivity index (χ3n) is 4.72. The molecule has 0 aliphatic heterocycles. The smallest absolute Gasteiger partial charge is 0.108 e. The summed E-state index contributed by atoms with van der Waals surface area (Å²) >= 11 is 0. The van der Waals surface area contributed by atoms with Gasteiger partial charge in [0.05, 0.1) is 11.6 Å². The van der Waals surface area contributed by atoms with Crippen molar-refractivity contribution in [3.05, 3.63) is 133 Å². The van der Waals surface area contributed by atoms with Crippen LogP contribution in [-0.2, 0) is 20.1 Å². The van der Waals surface area contributed by atoms with Gasteiger partial charge in [-0.1, -0.05) is 48.5 Å². The quantitative estimate of drug-likeness (QED) is 0.156. The first kappa shape index (κ1) is 25.0. The molecule has 0 aliphatic carbocycles. The topological polar surface area (TPSA) is 25.8 Å². The zero-order valence-corrected chi connectivity index (χ0v) is 20.1. The van der Waals surface area contributed by atoms with E-state index in [1.165, 1.54) is 6.20 Å². The van der Waals surface area contributed by atoms with Crippen LogP contribution in [0.3, 0.4) is 0 Å². The second-order valence-electron chi connectivity index (χ2n) is 6.92. The molecular weight excluding hydrogens is 614 g/mol.